The van der Waals surface area contributed by atoms with Crippen molar-refractivity contribution in [3.63, 3.8) is 0 Å². The Morgan fingerprint density at radius 1 is 0.944 bits per heavy atom. The average Bonchev–Trinajstić information content (AvgIpc) is 3.63. The fourth-order valence-corrected chi connectivity index (χ4v) is 14.6. The Bertz CT molecular complexity index is 1910. The predicted octanol–water partition coefficient (Wildman–Crippen LogP) is 11.1. The summed E-state index contributed by atoms with van der Waals surface area (Å²) in [6.07, 6.45) is 11.8. The second-order valence-corrected chi connectivity index (χ2v) is 21.2. The molecular formula is C48H70N2O4. The Morgan fingerprint density at radius 3 is 2.26 bits per heavy atom. The molecule has 5 aliphatic rings. The molecule has 1 aromatic carbocycles. The topological polar surface area (TPSA) is 73.5 Å². The van der Waals surface area contributed by atoms with Crippen LogP contribution in [0.2, 0.25) is 0 Å². The Morgan fingerprint density at radius 2 is 1.61 bits per heavy atom. The minimum absolute atomic E-state index is 0.0369. The fourth-order valence-electron chi connectivity index (χ4n) is 14.6. The third-order valence-electron chi connectivity index (χ3n) is 17.7. The number of hydrogen-bond donors (Lipinski definition) is 1. The lowest BCUT2D eigenvalue weighted by Gasteiger charge is -2.75. The van der Waals surface area contributed by atoms with Crippen molar-refractivity contribution in [3.05, 3.63) is 81.5 Å². The summed E-state index contributed by atoms with van der Waals surface area (Å²) in [7, 11) is 2.14. The first-order valence-electron chi connectivity index (χ1n) is 21.2. The third kappa shape index (κ3) is 5.36. The zero-order chi connectivity index (χ0) is 39.4. The number of aromatic nitrogens is 2. The lowest BCUT2D eigenvalue weighted by Crippen LogP contribution is -2.68. The minimum atomic E-state index is -0.899. The van der Waals surface area contributed by atoms with Gasteiger partial charge in [-0.1, -0.05) is 103 Å². The van der Waals surface area contributed by atoms with E-state index in [9.17, 15) is 14.7 Å². The maximum Gasteiger partial charge on any atom is 0.309 e. The van der Waals surface area contributed by atoms with Crippen molar-refractivity contribution in [2.75, 3.05) is 0 Å². The van der Waals surface area contributed by atoms with Gasteiger partial charge in [0, 0.05) is 30.4 Å². The van der Waals surface area contributed by atoms with Gasteiger partial charge in [-0.05, 0) is 123 Å². The number of nitrogens with zero attached hydrogens (tertiary/aromatic N) is 2. The highest BCUT2D eigenvalue weighted by atomic mass is 16.5. The number of aliphatic carboxylic acids is 1. The number of ether oxygens (including phenoxy) is 1. The van der Waals surface area contributed by atoms with Crippen LogP contribution in [0.1, 0.15) is 151 Å². The Balaban J connectivity index is 1.23. The number of rotatable bonds is 9. The van der Waals surface area contributed by atoms with Gasteiger partial charge >= 0.3 is 5.97 Å². The highest BCUT2D eigenvalue weighted by Crippen LogP contribution is 2.80. The van der Waals surface area contributed by atoms with Gasteiger partial charge in [-0.25, -0.2) is 4.68 Å². The third-order valence-corrected chi connectivity index (χ3v) is 17.7. The summed E-state index contributed by atoms with van der Waals surface area (Å²) in [6.45, 7) is 28.7. The van der Waals surface area contributed by atoms with Crippen molar-refractivity contribution in [1.82, 2.24) is 9.36 Å². The molecule has 7 rings (SSSR count). The first kappa shape index (κ1) is 39.2. The molecule has 0 aliphatic heterocycles. The Kier molecular flexibility index (Phi) is 9.26. The summed E-state index contributed by atoms with van der Waals surface area (Å²) in [4.78, 5) is 25.8. The summed E-state index contributed by atoms with van der Waals surface area (Å²) < 4.78 is 10.9. The maximum atomic E-state index is 13.9. The van der Waals surface area contributed by atoms with Gasteiger partial charge in [0.1, 0.15) is 6.10 Å². The molecular weight excluding hydrogens is 669 g/mol. The van der Waals surface area contributed by atoms with E-state index < -0.39 is 11.4 Å². The summed E-state index contributed by atoms with van der Waals surface area (Å²) >= 11 is 0. The molecule has 2 unspecified atom stereocenters. The van der Waals surface area contributed by atoms with E-state index >= 15 is 0 Å². The van der Waals surface area contributed by atoms with Gasteiger partial charge in [0.2, 0.25) is 0 Å². The molecule has 0 radical (unpaired) electrons. The van der Waals surface area contributed by atoms with Gasteiger partial charge in [-0.2, -0.15) is 0 Å². The van der Waals surface area contributed by atoms with Crippen molar-refractivity contribution in [1.29, 1.82) is 0 Å². The molecule has 6 heteroatoms. The first-order chi connectivity index (χ1) is 25.1. The number of allylic oxidation sites excluding steroid dienone is 3. The standard InChI is InChI=1S/C48H70N2O4/c1-31(2)34-18-25-48(37-28-39(51)50(49(37)12)30-33-16-14-13-15-17-33)27-26-47(11)45(9)23-19-35-43(6,7)38(54-32(3)29-42(4,5)41(52)53)21-22-44(35,8)36(45)20-24-46(47,10)40(34)48/h13-17,28,31,35-36,38H,3,18-27,29-30H2,1-2,4-12H3,(H,52,53)/t35-,36+,38-,44?,45+,46?,47-,48+/m0/s1. The lowest BCUT2D eigenvalue weighted by atomic mass is 9.30. The maximum absolute atomic E-state index is 13.9. The molecule has 296 valence electrons. The lowest BCUT2D eigenvalue weighted by molar-refractivity contribution is -0.246. The largest absolute Gasteiger partial charge is 0.495 e. The number of hydrogen-bond acceptors (Lipinski definition) is 3. The van der Waals surface area contributed by atoms with E-state index in [1.807, 2.05) is 16.8 Å². The van der Waals surface area contributed by atoms with Crippen molar-refractivity contribution in [3.8, 4) is 0 Å². The molecule has 0 amide bonds. The Labute approximate surface area is 325 Å². The van der Waals surface area contributed by atoms with Gasteiger partial charge in [-0.15, -0.1) is 0 Å². The SMILES string of the molecule is C=C(CC(C)(C)C(=O)O)O[C@H]1CCC2(C)[C@H]3CCC4(C)C5=C(C(C)C)CC[C@]5(c5cc(=O)n(Cc6ccccc6)n5C)CC[C@@]4(C)[C@]3(C)CC[C@H]2C1(C)C. The molecule has 0 saturated heterocycles. The molecule has 1 N–H and O–H groups in total. The molecule has 1 heterocycles. The highest BCUT2D eigenvalue weighted by molar-refractivity contribution is 5.73. The molecule has 1 aromatic heterocycles. The van der Waals surface area contributed by atoms with E-state index in [1.54, 1.807) is 25.0 Å². The summed E-state index contributed by atoms with van der Waals surface area (Å²) in [5, 5.41) is 9.77. The number of benzene rings is 1. The van der Waals surface area contributed by atoms with Crippen LogP contribution in [-0.2, 0) is 28.5 Å². The monoisotopic (exact) mass is 739 g/mol. The van der Waals surface area contributed by atoms with Crippen LogP contribution in [0.4, 0.5) is 0 Å². The second kappa shape index (κ2) is 12.7. The average molecular weight is 739 g/mol. The van der Waals surface area contributed by atoms with Gasteiger partial charge in [-0.3, -0.25) is 14.3 Å². The van der Waals surface area contributed by atoms with Crippen LogP contribution < -0.4 is 5.56 Å². The van der Waals surface area contributed by atoms with Crippen LogP contribution in [0, 0.1) is 50.2 Å². The van der Waals surface area contributed by atoms with E-state index in [0.717, 1.165) is 37.7 Å². The molecule has 8 atom stereocenters. The van der Waals surface area contributed by atoms with Crippen LogP contribution in [-0.4, -0.2) is 26.5 Å². The second-order valence-electron chi connectivity index (χ2n) is 21.2. The summed E-state index contributed by atoms with van der Waals surface area (Å²) in [5.74, 6) is 1.41. The van der Waals surface area contributed by atoms with Gasteiger partial charge < -0.3 is 9.84 Å². The number of carbonyl (C=O) groups is 1. The zero-order valence-corrected chi connectivity index (χ0v) is 35.5. The molecule has 0 spiro atoms. The molecule has 0 bridgehead atoms. The van der Waals surface area contributed by atoms with E-state index in [4.69, 9.17) is 4.74 Å². The van der Waals surface area contributed by atoms with Crippen LogP contribution >= 0.6 is 0 Å². The van der Waals surface area contributed by atoms with Gasteiger partial charge in [0.15, 0.2) is 0 Å². The molecule has 2 aromatic rings. The number of carboxylic acid groups (broad SMARTS) is 1. The van der Waals surface area contributed by atoms with Crippen molar-refractivity contribution in [2.45, 2.75) is 158 Å². The van der Waals surface area contributed by atoms with Crippen LogP contribution in [0.15, 0.2) is 64.7 Å². The number of fused-ring (bicyclic) bond motifs is 7. The van der Waals surface area contributed by atoms with E-state index in [0.29, 0.717) is 36.5 Å². The molecule has 5 aliphatic carbocycles. The van der Waals surface area contributed by atoms with Crippen molar-refractivity contribution >= 4 is 5.97 Å². The fraction of sp³-hybridized carbons (Fsp3) is 0.708. The minimum Gasteiger partial charge on any atom is -0.495 e. The van der Waals surface area contributed by atoms with Gasteiger partial charge in [0.05, 0.1) is 23.4 Å². The molecule has 6 nitrogen and oxygen atoms in total. The van der Waals surface area contributed by atoms with E-state index in [-0.39, 0.29) is 44.2 Å². The van der Waals surface area contributed by atoms with Crippen LogP contribution in [0.3, 0.4) is 0 Å². The predicted molar refractivity (Wildman–Crippen MR) is 218 cm³/mol. The van der Waals surface area contributed by atoms with Crippen LogP contribution in [0.25, 0.3) is 0 Å². The van der Waals surface area contributed by atoms with Crippen molar-refractivity contribution in [2.24, 2.45) is 57.3 Å². The normalized spacial score (nSPS) is 37.3. The first-order valence-corrected chi connectivity index (χ1v) is 21.2. The molecule has 54 heavy (non-hydrogen) atoms. The molecule has 4 fully saturated rings. The molecule has 4 saturated carbocycles. The van der Waals surface area contributed by atoms with Crippen molar-refractivity contribution < 1.29 is 14.6 Å². The number of carboxylic acids is 1. The summed E-state index contributed by atoms with van der Waals surface area (Å²) in [5.41, 5.74) is 5.35. The van der Waals surface area contributed by atoms with E-state index in [1.165, 1.54) is 37.8 Å². The van der Waals surface area contributed by atoms with E-state index in [2.05, 4.69) is 98.0 Å². The van der Waals surface area contributed by atoms with Gasteiger partial charge in [0.25, 0.3) is 5.56 Å². The smallest absolute Gasteiger partial charge is 0.309 e. The highest BCUT2D eigenvalue weighted by Gasteiger charge is 2.73. The quantitative estimate of drug-likeness (QED) is 0.205. The van der Waals surface area contributed by atoms with Crippen LogP contribution in [0.5, 0.6) is 0 Å². The zero-order valence-electron chi connectivity index (χ0n) is 35.5. The Hall–Kier alpha value is -3.02. The summed E-state index contributed by atoms with van der Waals surface area (Å²) in [6, 6.07) is 12.4.